The highest BCUT2D eigenvalue weighted by Gasteiger charge is 2.10. The van der Waals surface area contributed by atoms with E-state index in [0.717, 1.165) is 51.4 Å². The van der Waals surface area contributed by atoms with E-state index in [-0.39, 0.29) is 36.4 Å². The minimum Gasteiger partial charge on any atom is -0.379 e. The molecule has 1 saturated heterocycles. The number of nitrogens with zero attached hydrogens (tertiary/aromatic N) is 4. The number of aliphatic imine (C=N–C) groups is 1. The van der Waals surface area contributed by atoms with E-state index in [4.69, 9.17) is 16.3 Å². The van der Waals surface area contributed by atoms with Crippen LogP contribution >= 0.6 is 35.6 Å². The Morgan fingerprint density at radius 1 is 1.29 bits per heavy atom. The number of carbonyl (C=O) groups is 1. The van der Waals surface area contributed by atoms with E-state index in [9.17, 15) is 4.79 Å². The smallest absolute Gasteiger partial charge is 0.243 e. The molecule has 10 heteroatoms. The molecule has 0 bridgehead atoms. The zero-order valence-electron chi connectivity index (χ0n) is 16.5. The van der Waals surface area contributed by atoms with Gasteiger partial charge in [0.25, 0.3) is 0 Å². The van der Waals surface area contributed by atoms with Crippen molar-refractivity contribution in [2.45, 2.75) is 6.42 Å². The summed E-state index contributed by atoms with van der Waals surface area (Å²) in [5.74, 6) is 0.603. The number of hydrogen-bond donors (Lipinski definition) is 2. The van der Waals surface area contributed by atoms with E-state index in [0.29, 0.717) is 17.7 Å². The number of ether oxygens (including phenoxy) is 1. The first-order valence-electron chi connectivity index (χ1n) is 9.17. The second-order valence-corrected chi connectivity index (χ2v) is 6.89. The van der Waals surface area contributed by atoms with Gasteiger partial charge >= 0.3 is 0 Å². The van der Waals surface area contributed by atoms with Gasteiger partial charge in [-0.3, -0.25) is 9.69 Å². The molecule has 0 aliphatic carbocycles. The molecule has 1 aromatic heterocycles. The summed E-state index contributed by atoms with van der Waals surface area (Å²) in [4.78, 5) is 24.2. The van der Waals surface area contributed by atoms with Gasteiger partial charge in [0.2, 0.25) is 5.91 Å². The summed E-state index contributed by atoms with van der Waals surface area (Å²) in [5, 5.41) is 7.07. The Hall–Kier alpha value is -1.17. The number of nitrogens with one attached hydrogen (secondary N) is 2. The lowest BCUT2D eigenvalue weighted by Gasteiger charge is -2.26. The van der Waals surface area contributed by atoms with Crippen LogP contribution in [0, 0.1) is 0 Å². The molecule has 0 aromatic carbocycles. The van der Waals surface area contributed by atoms with Crippen LogP contribution in [0.15, 0.2) is 23.3 Å². The maximum absolute atomic E-state index is 11.8. The SMILES string of the molecule is CN(C)C(=O)CN=C(NCCc1ccc(Cl)nc1)NCCN1CCOCC1.I. The number of rotatable bonds is 8. The van der Waals surface area contributed by atoms with E-state index < -0.39 is 0 Å². The van der Waals surface area contributed by atoms with Gasteiger partial charge in [-0.25, -0.2) is 9.98 Å². The fourth-order valence-corrected chi connectivity index (χ4v) is 2.61. The molecule has 1 aliphatic rings. The van der Waals surface area contributed by atoms with Crippen molar-refractivity contribution in [1.82, 2.24) is 25.4 Å². The molecule has 0 radical (unpaired) electrons. The van der Waals surface area contributed by atoms with Crippen molar-refractivity contribution in [3.63, 3.8) is 0 Å². The molecule has 0 atom stereocenters. The van der Waals surface area contributed by atoms with Gasteiger partial charge in [-0.05, 0) is 18.1 Å². The largest absolute Gasteiger partial charge is 0.379 e. The summed E-state index contributed by atoms with van der Waals surface area (Å²) < 4.78 is 5.36. The number of aromatic nitrogens is 1. The highest BCUT2D eigenvalue weighted by atomic mass is 127. The van der Waals surface area contributed by atoms with E-state index in [1.165, 1.54) is 4.90 Å². The summed E-state index contributed by atoms with van der Waals surface area (Å²) >= 11 is 5.81. The van der Waals surface area contributed by atoms with E-state index in [1.54, 1.807) is 26.4 Å². The lowest BCUT2D eigenvalue weighted by molar-refractivity contribution is -0.127. The van der Waals surface area contributed by atoms with Gasteiger partial charge in [-0.15, -0.1) is 24.0 Å². The molecular weight excluding hydrogens is 495 g/mol. The van der Waals surface area contributed by atoms with Crippen molar-refractivity contribution in [2.24, 2.45) is 4.99 Å². The van der Waals surface area contributed by atoms with Gasteiger partial charge in [0, 0.05) is 53.0 Å². The highest BCUT2D eigenvalue weighted by molar-refractivity contribution is 14.0. The fourth-order valence-electron chi connectivity index (χ4n) is 2.50. The molecule has 1 aliphatic heterocycles. The van der Waals surface area contributed by atoms with Crippen LogP contribution in [0.3, 0.4) is 0 Å². The molecule has 0 saturated carbocycles. The highest BCUT2D eigenvalue weighted by Crippen LogP contribution is 2.05. The Morgan fingerprint density at radius 2 is 2.00 bits per heavy atom. The first-order chi connectivity index (χ1) is 13.0. The van der Waals surface area contributed by atoms with Crippen molar-refractivity contribution in [2.75, 3.05) is 66.6 Å². The molecule has 8 nitrogen and oxygen atoms in total. The average Bonchev–Trinajstić information content (AvgIpc) is 2.67. The van der Waals surface area contributed by atoms with Crippen LogP contribution in [-0.2, 0) is 16.0 Å². The predicted octanol–water partition coefficient (Wildman–Crippen LogP) is 0.851. The summed E-state index contributed by atoms with van der Waals surface area (Å²) in [6.45, 7) is 5.92. The first kappa shape index (κ1) is 24.9. The molecule has 2 heterocycles. The average molecular weight is 525 g/mol. The third kappa shape index (κ3) is 9.85. The number of morpholine rings is 1. The Labute approximate surface area is 189 Å². The number of pyridine rings is 1. The standard InChI is InChI=1S/C18H29ClN6O2.HI/c1-24(2)17(26)14-23-18(21-7-8-25-9-11-27-12-10-25)20-6-5-15-3-4-16(19)22-13-15;/h3-4,13H,5-12,14H2,1-2H3,(H2,20,21,23);1H. The summed E-state index contributed by atoms with van der Waals surface area (Å²) in [5.41, 5.74) is 1.09. The van der Waals surface area contributed by atoms with E-state index >= 15 is 0 Å². The molecular formula is C18H30ClIN6O2. The topological polar surface area (TPSA) is 82.1 Å². The van der Waals surface area contributed by atoms with Crippen LogP contribution in [0.25, 0.3) is 0 Å². The minimum atomic E-state index is -0.0359. The van der Waals surface area contributed by atoms with Gasteiger partial charge in [-0.1, -0.05) is 17.7 Å². The molecule has 2 rings (SSSR count). The molecule has 2 N–H and O–H groups in total. The molecule has 0 unspecified atom stereocenters. The quantitative estimate of drug-likeness (QED) is 0.227. The monoisotopic (exact) mass is 524 g/mol. The molecule has 158 valence electrons. The summed E-state index contributed by atoms with van der Waals surface area (Å²) in [7, 11) is 3.45. The first-order valence-corrected chi connectivity index (χ1v) is 9.55. The summed E-state index contributed by atoms with van der Waals surface area (Å²) in [6.07, 6.45) is 2.55. The molecule has 1 aromatic rings. The number of likely N-dealkylation sites (N-methyl/N-ethyl adjacent to an activating group) is 1. The van der Waals surface area contributed by atoms with Gasteiger partial charge in [0.15, 0.2) is 5.96 Å². The Balaban J connectivity index is 0.00000392. The van der Waals surface area contributed by atoms with Crippen LogP contribution in [0.1, 0.15) is 5.56 Å². The van der Waals surface area contributed by atoms with Gasteiger partial charge in [-0.2, -0.15) is 0 Å². The van der Waals surface area contributed by atoms with Crippen molar-refractivity contribution < 1.29 is 9.53 Å². The summed E-state index contributed by atoms with van der Waals surface area (Å²) in [6, 6.07) is 3.73. The number of guanidine groups is 1. The van der Waals surface area contributed by atoms with Crippen LogP contribution < -0.4 is 10.6 Å². The number of carbonyl (C=O) groups excluding carboxylic acids is 1. The Kier molecular flexibility index (Phi) is 12.4. The number of hydrogen-bond acceptors (Lipinski definition) is 5. The van der Waals surface area contributed by atoms with Gasteiger partial charge in [0.1, 0.15) is 11.7 Å². The van der Waals surface area contributed by atoms with Gasteiger partial charge < -0.3 is 20.3 Å². The van der Waals surface area contributed by atoms with E-state index in [2.05, 4.69) is 25.5 Å². The normalized spacial score (nSPS) is 14.9. The van der Waals surface area contributed by atoms with Crippen LogP contribution in [0.4, 0.5) is 0 Å². The predicted molar refractivity (Wildman–Crippen MR) is 123 cm³/mol. The van der Waals surface area contributed by atoms with Gasteiger partial charge in [0.05, 0.1) is 13.2 Å². The third-order valence-electron chi connectivity index (χ3n) is 4.19. The minimum absolute atomic E-state index is 0. The van der Waals surface area contributed by atoms with Crippen molar-refractivity contribution in [1.29, 1.82) is 0 Å². The van der Waals surface area contributed by atoms with Crippen LogP contribution in [0.2, 0.25) is 5.15 Å². The molecule has 1 amide bonds. The maximum atomic E-state index is 11.8. The Bertz CT molecular complexity index is 609. The van der Waals surface area contributed by atoms with Crippen LogP contribution in [-0.4, -0.2) is 93.2 Å². The fraction of sp³-hybridized carbons (Fsp3) is 0.611. The maximum Gasteiger partial charge on any atom is 0.243 e. The lowest BCUT2D eigenvalue weighted by Crippen LogP contribution is -2.45. The lowest BCUT2D eigenvalue weighted by atomic mass is 10.2. The van der Waals surface area contributed by atoms with Crippen molar-refractivity contribution in [3.05, 3.63) is 29.0 Å². The third-order valence-corrected chi connectivity index (χ3v) is 4.41. The zero-order valence-corrected chi connectivity index (χ0v) is 19.6. The second-order valence-electron chi connectivity index (χ2n) is 6.50. The van der Waals surface area contributed by atoms with Crippen molar-refractivity contribution >= 4 is 47.4 Å². The molecule has 1 fully saturated rings. The number of halogens is 2. The molecule has 0 spiro atoms. The number of amides is 1. The van der Waals surface area contributed by atoms with E-state index in [1.807, 2.05) is 6.07 Å². The second kappa shape index (κ2) is 13.9. The Morgan fingerprint density at radius 3 is 2.64 bits per heavy atom. The van der Waals surface area contributed by atoms with Crippen LogP contribution in [0.5, 0.6) is 0 Å². The zero-order chi connectivity index (χ0) is 19.5. The molecule has 28 heavy (non-hydrogen) atoms. The van der Waals surface area contributed by atoms with Crippen molar-refractivity contribution in [3.8, 4) is 0 Å².